The van der Waals surface area contributed by atoms with Crippen LogP contribution < -0.4 is 0 Å². The zero-order valence-electron chi connectivity index (χ0n) is 13.5. The molecule has 3 nitrogen and oxygen atoms in total. The van der Waals surface area contributed by atoms with Crippen LogP contribution in [0.25, 0.3) is 0 Å². The number of ether oxygens (including phenoxy) is 1. The molecule has 0 aromatic heterocycles. The van der Waals surface area contributed by atoms with Gasteiger partial charge in [-0.25, -0.2) is 0 Å². The van der Waals surface area contributed by atoms with Crippen LogP contribution in [-0.4, -0.2) is 62.3 Å². The van der Waals surface area contributed by atoms with Crippen molar-refractivity contribution in [3.05, 3.63) is 0 Å². The van der Waals surface area contributed by atoms with Gasteiger partial charge in [0.1, 0.15) is 0 Å². The zero-order chi connectivity index (χ0) is 14.1. The standard InChI is InChI=1S/C16H34N2O/c1-5-9-17(4)11-8-16-14-18(12-13-19-16)10-6-7-15(2)3/h15-16H,5-14H2,1-4H3/t16-/m1/s1. The molecule has 1 saturated heterocycles. The van der Waals surface area contributed by atoms with Gasteiger partial charge < -0.3 is 9.64 Å². The van der Waals surface area contributed by atoms with Crippen molar-refractivity contribution in [2.24, 2.45) is 5.92 Å². The third-order valence-corrected chi connectivity index (χ3v) is 3.92. The van der Waals surface area contributed by atoms with Crippen LogP contribution in [0.3, 0.4) is 0 Å². The van der Waals surface area contributed by atoms with Crippen LogP contribution in [0.15, 0.2) is 0 Å². The molecule has 0 spiro atoms. The van der Waals surface area contributed by atoms with E-state index in [9.17, 15) is 0 Å². The molecular formula is C16H34N2O. The molecule has 0 bridgehead atoms. The highest BCUT2D eigenvalue weighted by Gasteiger charge is 2.20. The summed E-state index contributed by atoms with van der Waals surface area (Å²) in [5, 5.41) is 0. The fourth-order valence-corrected chi connectivity index (χ4v) is 2.74. The molecule has 1 rings (SSSR count). The number of nitrogens with zero attached hydrogens (tertiary/aromatic N) is 2. The lowest BCUT2D eigenvalue weighted by atomic mass is 10.1. The molecule has 114 valence electrons. The Labute approximate surface area is 120 Å². The minimum Gasteiger partial charge on any atom is -0.376 e. The predicted molar refractivity (Wildman–Crippen MR) is 82.7 cm³/mol. The molecule has 0 aromatic carbocycles. The second kappa shape index (κ2) is 9.73. The lowest BCUT2D eigenvalue weighted by Gasteiger charge is -2.33. The van der Waals surface area contributed by atoms with Crippen LogP contribution in [0.5, 0.6) is 0 Å². The number of hydrogen-bond donors (Lipinski definition) is 0. The van der Waals surface area contributed by atoms with Gasteiger partial charge in [-0.2, -0.15) is 0 Å². The number of morpholine rings is 1. The predicted octanol–water partition coefficient (Wildman–Crippen LogP) is 2.86. The SMILES string of the molecule is CCCN(C)CC[C@@H]1CN(CCCC(C)C)CCO1. The van der Waals surface area contributed by atoms with Crippen LogP contribution in [0.1, 0.15) is 46.5 Å². The fraction of sp³-hybridized carbons (Fsp3) is 1.00. The maximum Gasteiger partial charge on any atom is 0.0714 e. The summed E-state index contributed by atoms with van der Waals surface area (Å²) in [6, 6.07) is 0. The van der Waals surface area contributed by atoms with E-state index in [1.807, 2.05) is 0 Å². The Kier molecular flexibility index (Phi) is 8.67. The second-order valence-corrected chi connectivity index (χ2v) is 6.42. The zero-order valence-corrected chi connectivity index (χ0v) is 13.5. The summed E-state index contributed by atoms with van der Waals surface area (Å²) in [6.07, 6.45) is 5.55. The Balaban J connectivity index is 2.15. The molecule has 19 heavy (non-hydrogen) atoms. The topological polar surface area (TPSA) is 15.7 Å². The van der Waals surface area contributed by atoms with E-state index in [2.05, 4.69) is 37.6 Å². The smallest absolute Gasteiger partial charge is 0.0714 e. The first kappa shape index (κ1) is 16.9. The van der Waals surface area contributed by atoms with Crippen molar-refractivity contribution in [1.29, 1.82) is 0 Å². The lowest BCUT2D eigenvalue weighted by molar-refractivity contribution is -0.0353. The molecule has 0 saturated carbocycles. The molecule has 3 heteroatoms. The first-order valence-corrected chi connectivity index (χ1v) is 8.14. The Morgan fingerprint density at radius 2 is 2.11 bits per heavy atom. The number of hydrogen-bond acceptors (Lipinski definition) is 3. The minimum absolute atomic E-state index is 0.451. The van der Waals surface area contributed by atoms with E-state index in [-0.39, 0.29) is 0 Å². The van der Waals surface area contributed by atoms with E-state index >= 15 is 0 Å². The molecule has 0 aliphatic carbocycles. The van der Waals surface area contributed by atoms with Gasteiger partial charge in [-0.3, -0.25) is 4.90 Å². The van der Waals surface area contributed by atoms with Gasteiger partial charge in [0.2, 0.25) is 0 Å². The maximum atomic E-state index is 5.90. The van der Waals surface area contributed by atoms with E-state index in [1.165, 1.54) is 45.3 Å². The average Bonchev–Trinajstić information content (AvgIpc) is 2.37. The maximum absolute atomic E-state index is 5.90. The highest BCUT2D eigenvalue weighted by molar-refractivity contribution is 4.72. The monoisotopic (exact) mass is 270 g/mol. The summed E-state index contributed by atoms with van der Waals surface area (Å²) in [4.78, 5) is 5.01. The van der Waals surface area contributed by atoms with Crippen LogP contribution in [0.2, 0.25) is 0 Å². The molecule has 0 N–H and O–H groups in total. The van der Waals surface area contributed by atoms with E-state index < -0.39 is 0 Å². The molecule has 1 aliphatic heterocycles. The summed E-state index contributed by atoms with van der Waals surface area (Å²) in [5.41, 5.74) is 0. The average molecular weight is 270 g/mol. The van der Waals surface area contributed by atoms with Crippen molar-refractivity contribution in [3.63, 3.8) is 0 Å². The van der Waals surface area contributed by atoms with Gasteiger partial charge >= 0.3 is 0 Å². The molecular weight excluding hydrogens is 236 g/mol. The quantitative estimate of drug-likeness (QED) is 0.641. The summed E-state index contributed by atoms with van der Waals surface area (Å²) < 4.78 is 5.90. The lowest BCUT2D eigenvalue weighted by Crippen LogP contribution is -2.44. The van der Waals surface area contributed by atoms with Crippen molar-refractivity contribution in [2.45, 2.75) is 52.6 Å². The molecule has 1 aliphatic rings. The molecule has 1 atom stereocenters. The Bertz CT molecular complexity index is 221. The van der Waals surface area contributed by atoms with Crippen molar-refractivity contribution < 1.29 is 4.74 Å². The van der Waals surface area contributed by atoms with Crippen LogP contribution >= 0.6 is 0 Å². The van der Waals surface area contributed by atoms with Gasteiger partial charge in [-0.1, -0.05) is 20.8 Å². The summed E-state index contributed by atoms with van der Waals surface area (Å²) in [6.45, 7) is 13.7. The molecule has 0 amide bonds. The van der Waals surface area contributed by atoms with Crippen molar-refractivity contribution >= 4 is 0 Å². The van der Waals surface area contributed by atoms with Gasteiger partial charge in [0.25, 0.3) is 0 Å². The van der Waals surface area contributed by atoms with Crippen LogP contribution in [-0.2, 0) is 4.74 Å². The van der Waals surface area contributed by atoms with Crippen molar-refractivity contribution in [2.75, 3.05) is 46.4 Å². The largest absolute Gasteiger partial charge is 0.376 e. The van der Waals surface area contributed by atoms with Gasteiger partial charge in [-0.15, -0.1) is 0 Å². The van der Waals surface area contributed by atoms with Gasteiger partial charge in [0, 0.05) is 19.6 Å². The van der Waals surface area contributed by atoms with Gasteiger partial charge in [0.15, 0.2) is 0 Å². The van der Waals surface area contributed by atoms with E-state index in [4.69, 9.17) is 4.74 Å². The molecule has 0 aromatic rings. The van der Waals surface area contributed by atoms with Crippen LogP contribution in [0.4, 0.5) is 0 Å². The first-order chi connectivity index (χ1) is 9.11. The summed E-state index contributed by atoms with van der Waals surface area (Å²) in [7, 11) is 2.22. The van der Waals surface area contributed by atoms with E-state index in [0.29, 0.717) is 6.10 Å². The van der Waals surface area contributed by atoms with Crippen molar-refractivity contribution in [1.82, 2.24) is 9.80 Å². The normalized spacial score (nSPS) is 21.5. The third kappa shape index (κ3) is 7.91. The first-order valence-electron chi connectivity index (χ1n) is 8.14. The van der Waals surface area contributed by atoms with Crippen LogP contribution in [0, 0.1) is 5.92 Å². The van der Waals surface area contributed by atoms with Gasteiger partial charge in [0.05, 0.1) is 12.7 Å². The summed E-state index contributed by atoms with van der Waals surface area (Å²) in [5.74, 6) is 0.833. The Morgan fingerprint density at radius 1 is 1.32 bits per heavy atom. The van der Waals surface area contributed by atoms with E-state index in [1.54, 1.807) is 0 Å². The van der Waals surface area contributed by atoms with Crippen molar-refractivity contribution in [3.8, 4) is 0 Å². The highest BCUT2D eigenvalue weighted by Crippen LogP contribution is 2.11. The highest BCUT2D eigenvalue weighted by atomic mass is 16.5. The molecule has 0 radical (unpaired) electrons. The third-order valence-electron chi connectivity index (χ3n) is 3.92. The number of rotatable bonds is 9. The second-order valence-electron chi connectivity index (χ2n) is 6.42. The molecule has 1 fully saturated rings. The minimum atomic E-state index is 0.451. The molecule has 0 unspecified atom stereocenters. The molecule has 1 heterocycles. The van der Waals surface area contributed by atoms with E-state index in [0.717, 1.165) is 25.6 Å². The summed E-state index contributed by atoms with van der Waals surface area (Å²) >= 11 is 0. The van der Waals surface area contributed by atoms with Gasteiger partial charge in [-0.05, 0) is 51.7 Å². The fourth-order valence-electron chi connectivity index (χ4n) is 2.74. The Morgan fingerprint density at radius 3 is 2.79 bits per heavy atom. The Hall–Kier alpha value is -0.120.